The summed E-state index contributed by atoms with van der Waals surface area (Å²) in [5.74, 6) is -0.173. The maximum Gasteiger partial charge on any atom is 0.227 e. The van der Waals surface area contributed by atoms with Gasteiger partial charge < -0.3 is 10.6 Å². The molecule has 1 heterocycles. The van der Waals surface area contributed by atoms with Gasteiger partial charge in [0.2, 0.25) is 11.8 Å². The molecule has 0 aromatic heterocycles. The van der Waals surface area contributed by atoms with Crippen LogP contribution in [-0.4, -0.2) is 29.8 Å². The van der Waals surface area contributed by atoms with Gasteiger partial charge >= 0.3 is 0 Å². The van der Waals surface area contributed by atoms with E-state index < -0.39 is 0 Å². The molecule has 4 nitrogen and oxygen atoms in total. The molecule has 0 spiro atoms. The average Bonchev–Trinajstić information content (AvgIpc) is 2.43. The highest BCUT2D eigenvalue weighted by Crippen LogP contribution is 2.18. The number of amides is 2. The van der Waals surface area contributed by atoms with Crippen molar-refractivity contribution in [2.75, 3.05) is 13.1 Å². The van der Waals surface area contributed by atoms with E-state index in [1.807, 2.05) is 18.7 Å². The third-order valence-corrected chi connectivity index (χ3v) is 4.10. The minimum absolute atomic E-state index is 0.0697. The van der Waals surface area contributed by atoms with Crippen LogP contribution in [0.2, 0.25) is 0 Å². The summed E-state index contributed by atoms with van der Waals surface area (Å²) in [5.41, 5.74) is 8.72. The molecule has 1 fully saturated rings. The lowest BCUT2D eigenvalue weighted by Gasteiger charge is -2.30. The number of aryl methyl sites for hydroxylation is 2. The minimum atomic E-state index is -0.244. The number of benzene rings is 1. The number of nitrogens with two attached hydrogens (primary N) is 1. The molecule has 1 aromatic carbocycles. The van der Waals surface area contributed by atoms with Crippen LogP contribution in [0.25, 0.3) is 0 Å². The molecule has 0 saturated carbocycles. The number of piperidine rings is 1. The number of primary amides is 1. The van der Waals surface area contributed by atoms with Crippen LogP contribution in [0.3, 0.4) is 0 Å². The van der Waals surface area contributed by atoms with Crippen molar-refractivity contribution in [1.29, 1.82) is 0 Å². The van der Waals surface area contributed by atoms with Crippen molar-refractivity contribution in [3.05, 3.63) is 34.9 Å². The maximum absolute atomic E-state index is 12.3. The zero-order chi connectivity index (χ0) is 14.7. The monoisotopic (exact) mass is 274 g/mol. The van der Waals surface area contributed by atoms with Crippen molar-refractivity contribution in [3.63, 3.8) is 0 Å². The van der Waals surface area contributed by atoms with E-state index in [9.17, 15) is 9.59 Å². The first-order valence-corrected chi connectivity index (χ1v) is 7.10. The molecule has 108 valence electrons. The number of carbonyl (C=O) groups excluding carboxylic acids is 2. The van der Waals surface area contributed by atoms with E-state index in [1.54, 1.807) is 0 Å². The van der Waals surface area contributed by atoms with Gasteiger partial charge in [0.25, 0.3) is 0 Å². The van der Waals surface area contributed by atoms with Crippen molar-refractivity contribution in [2.45, 2.75) is 33.1 Å². The van der Waals surface area contributed by atoms with Gasteiger partial charge in [-0.2, -0.15) is 0 Å². The first-order valence-electron chi connectivity index (χ1n) is 7.10. The molecular weight excluding hydrogens is 252 g/mol. The summed E-state index contributed by atoms with van der Waals surface area (Å²) in [5, 5.41) is 0. The molecule has 1 aromatic rings. The minimum Gasteiger partial charge on any atom is -0.369 e. The van der Waals surface area contributed by atoms with Crippen LogP contribution in [0.1, 0.15) is 29.5 Å². The van der Waals surface area contributed by atoms with Crippen LogP contribution in [0.5, 0.6) is 0 Å². The van der Waals surface area contributed by atoms with E-state index in [0.717, 1.165) is 11.1 Å². The van der Waals surface area contributed by atoms with E-state index in [1.165, 1.54) is 5.56 Å². The lowest BCUT2D eigenvalue weighted by Crippen LogP contribution is -2.42. The second kappa shape index (κ2) is 6.07. The van der Waals surface area contributed by atoms with Crippen molar-refractivity contribution >= 4 is 11.8 Å². The van der Waals surface area contributed by atoms with Gasteiger partial charge in [0.1, 0.15) is 0 Å². The Balaban J connectivity index is 1.96. The second-order valence-electron chi connectivity index (χ2n) is 5.66. The molecule has 0 radical (unpaired) electrons. The Morgan fingerprint density at radius 1 is 1.25 bits per heavy atom. The third-order valence-electron chi connectivity index (χ3n) is 4.10. The van der Waals surface area contributed by atoms with Gasteiger partial charge in [-0.1, -0.05) is 23.8 Å². The van der Waals surface area contributed by atoms with Crippen LogP contribution >= 0.6 is 0 Å². The highest BCUT2D eigenvalue weighted by Gasteiger charge is 2.25. The second-order valence-corrected chi connectivity index (χ2v) is 5.66. The van der Waals surface area contributed by atoms with Gasteiger partial charge in [0, 0.05) is 19.0 Å². The quantitative estimate of drug-likeness (QED) is 0.909. The molecule has 2 N–H and O–H groups in total. The molecule has 1 aliphatic rings. The summed E-state index contributed by atoms with van der Waals surface area (Å²) in [4.78, 5) is 25.3. The molecule has 0 bridgehead atoms. The van der Waals surface area contributed by atoms with Crippen molar-refractivity contribution in [1.82, 2.24) is 4.90 Å². The Morgan fingerprint density at radius 3 is 2.50 bits per heavy atom. The highest BCUT2D eigenvalue weighted by atomic mass is 16.2. The van der Waals surface area contributed by atoms with Crippen LogP contribution in [-0.2, 0) is 16.0 Å². The van der Waals surface area contributed by atoms with E-state index in [4.69, 9.17) is 5.73 Å². The third kappa shape index (κ3) is 3.38. The topological polar surface area (TPSA) is 63.4 Å². The van der Waals surface area contributed by atoms with Crippen LogP contribution in [0, 0.1) is 19.8 Å². The van der Waals surface area contributed by atoms with Crippen molar-refractivity contribution in [2.24, 2.45) is 11.7 Å². The standard InChI is InChI=1S/C16H22N2O2/c1-11-3-4-12(2)14(9-11)10-15(19)18-7-5-13(6-8-18)16(17)20/h3-4,9,13H,5-8,10H2,1-2H3,(H2,17,20). The molecule has 0 aliphatic carbocycles. The van der Waals surface area contributed by atoms with Crippen LogP contribution in [0.4, 0.5) is 0 Å². The van der Waals surface area contributed by atoms with Crippen molar-refractivity contribution in [3.8, 4) is 0 Å². The number of nitrogens with zero attached hydrogens (tertiary/aromatic N) is 1. The van der Waals surface area contributed by atoms with Crippen LogP contribution < -0.4 is 5.73 Å². The molecule has 2 rings (SSSR count). The highest BCUT2D eigenvalue weighted by molar-refractivity contribution is 5.80. The molecule has 4 heteroatoms. The molecule has 2 amide bonds. The van der Waals surface area contributed by atoms with Gasteiger partial charge in [-0.15, -0.1) is 0 Å². The lowest BCUT2D eigenvalue weighted by molar-refractivity contribution is -0.134. The normalized spacial score (nSPS) is 16.2. The molecule has 1 aliphatic heterocycles. The number of likely N-dealkylation sites (tertiary alicyclic amines) is 1. The molecule has 0 unspecified atom stereocenters. The van der Waals surface area contributed by atoms with Gasteiger partial charge in [0.05, 0.1) is 6.42 Å². The molecule has 1 saturated heterocycles. The SMILES string of the molecule is Cc1ccc(C)c(CC(=O)N2CCC(C(N)=O)CC2)c1. The summed E-state index contributed by atoms with van der Waals surface area (Å²) < 4.78 is 0. The largest absolute Gasteiger partial charge is 0.369 e. The summed E-state index contributed by atoms with van der Waals surface area (Å²) in [6, 6.07) is 6.18. The fourth-order valence-corrected chi connectivity index (χ4v) is 2.68. The van der Waals surface area contributed by atoms with Gasteiger partial charge in [-0.25, -0.2) is 0 Å². The van der Waals surface area contributed by atoms with Gasteiger partial charge in [0.15, 0.2) is 0 Å². The zero-order valence-corrected chi connectivity index (χ0v) is 12.2. The zero-order valence-electron chi connectivity index (χ0n) is 12.2. The predicted molar refractivity (Wildman–Crippen MR) is 78.1 cm³/mol. The van der Waals surface area contributed by atoms with E-state index in [0.29, 0.717) is 32.4 Å². The summed E-state index contributed by atoms with van der Waals surface area (Å²) in [7, 11) is 0. The van der Waals surface area contributed by atoms with E-state index in [-0.39, 0.29) is 17.7 Å². The Morgan fingerprint density at radius 2 is 1.90 bits per heavy atom. The first-order chi connectivity index (χ1) is 9.47. The number of rotatable bonds is 3. The lowest BCUT2D eigenvalue weighted by atomic mass is 9.95. The summed E-state index contributed by atoms with van der Waals surface area (Å²) >= 11 is 0. The van der Waals surface area contributed by atoms with Gasteiger partial charge in [-0.05, 0) is 37.8 Å². The smallest absolute Gasteiger partial charge is 0.227 e. The molecule has 20 heavy (non-hydrogen) atoms. The van der Waals surface area contributed by atoms with E-state index >= 15 is 0 Å². The van der Waals surface area contributed by atoms with Gasteiger partial charge in [-0.3, -0.25) is 9.59 Å². The summed E-state index contributed by atoms with van der Waals surface area (Å²) in [6.07, 6.45) is 1.82. The number of carbonyl (C=O) groups is 2. The summed E-state index contributed by atoms with van der Waals surface area (Å²) in [6.45, 7) is 5.34. The predicted octanol–water partition coefficient (Wildman–Crippen LogP) is 1.57. The average molecular weight is 274 g/mol. The fraction of sp³-hybridized carbons (Fsp3) is 0.500. The fourth-order valence-electron chi connectivity index (χ4n) is 2.68. The van der Waals surface area contributed by atoms with E-state index in [2.05, 4.69) is 18.2 Å². The Kier molecular flexibility index (Phi) is 4.42. The molecule has 0 atom stereocenters. The maximum atomic E-state index is 12.3. The number of hydrogen-bond donors (Lipinski definition) is 1. The van der Waals surface area contributed by atoms with Crippen molar-refractivity contribution < 1.29 is 9.59 Å². The Labute approximate surface area is 119 Å². The Bertz CT molecular complexity index is 517. The molecular formula is C16H22N2O2. The van der Waals surface area contributed by atoms with Crippen LogP contribution in [0.15, 0.2) is 18.2 Å². The number of hydrogen-bond acceptors (Lipinski definition) is 2. The first kappa shape index (κ1) is 14.6. The Hall–Kier alpha value is -1.84.